The zero-order valence-corrected chi connectivity index (χ0v) is 10.9. The smallest absolute Gasteiger partial charge is 0.266 e. The summed E-state index contributed by atoms with van der Waals surface area (Å²) in [5, 5.41) is 4.08. The number of rotatable bonds is 1. The molecule has 3 aromatic rings. The lowest BCUT2D eigenvalue weighted by Gasteiger charge is -1.93. The number of aromatic nitrogens is 3. The molecule has 0 N–H and O–H groups in total. The predicted octanol–water partition coefficient (Wildman–Crippen LogP) is 1.32. The third kappa shape index (κ3) is 1.82. The van der Waals surface area contributed by atoms with Crippen LogP contribution in [0, 0.1) is 13.8 Å². The van der Waals surface area contributed by atoms with E-state index in [1.165, 1.54) is 21.4 Å². The molecule has 0 aliphatic rings. The molecular weight excluding hydrogens is 246 g/mol. The Labute approximate surface area is 107 Å². The largest absolute Gasteiger partial charge is 0.291 e. The first kappa shape index (κ1) is 11.1. The second-order valence-electron chi connectivity index (χ2n) is 4.18. The van der Waals surface area contributed by atoms with Crippen LogP contribution in [-0.2, 0) is 0 Å². The van der Waals surface area contributed by atoms with Crippen molar-refractivity contribution in [2.24, 2.45) is 0 Å². The SMILES string of the molecule is Cc1cccc(/C=c2\sc3nc(C)nn3c2=O)c1. The van der Waals surface area contributed by atoms with E-state index in [1.807, 2.05) is 37.3 Å². The van der Waals surface area contributed by atoms with Crippen molar-refractivity contribution in [2.45, 2.75) is 13.8 Å². The van der Waals surface area contributed by atoms with Crippen molar-refractivity contribution in [1.29, 1.82) is 0 Å². The summed E-state index contributed by atoms with van der Waals surface area (Å²) in [7, 11) is 0. The van der Waals surface area contributed by atoms with Gasteiger partial charge in [0.25, 0.3) is 5.56 Å². The molecule has 0 fully saturated rings. The number of aryl methyl sites for hydroxylation is 2. The Kier molecular flexibility index (Phi) is 2.48. The number of nitrogens with zero attached hydrogens (tertiary/aromatic N) is 3. The predicted molar refractivity (Wildman–Crippen MR) is 71.8 cm³/mol. The van der Waals surface area contributed by atoms with E-state index in [4.69, 9.17) is 0 Å². The van der Waals surface area contributed by atoms with Crippen molar-refractivity contribution >= 4 is 22.4 Å². The van der Waals surface area contributed by atoms with Gasteiger partial charge in [-0.15, -0.1) is 5.10 Å². The van der Waals surface area contributed by atoms with Gasteiger partial charge in [0.05, 0.1) is 4.53 Å². The van der Waals surface area contributed by atoms with E-state index in [1.54, 1.807) is 6.92 Å². The van der Waals surface area contributed by atoms with Crippen LogP contribution in [0.3, 0.4) is 0 Å². The van der Waals surface area contributed by atoms with Gasteiger partial charge in [0.1, 0.15) is 5.82 Å². The third-order valence-corrected chi connectivity index (χ3v) is 3.59. The van der Waals surface area contributed by atoms with Crippen LogP contribution >= 0.6 is 11.3 Å². The lowest BCUT2D eigenvalue weighted by molar-refractivity contribution is 0.904. The van der Waals surface area contributed by atoms with Crippen LogP contribution in [0.4, 0.5) is 0 Å². The number of hydrogen-bond donors (Lipinski definition) is 0. The van der Waals surface area contributed by atoms with E-state index in [0.29, 0.717) is 15.3 Å². The third-order valence-electron chi connectivity index (χ3n) is 2.63. The van der Waals surface area contributed by atoms with Crippen molar-refractivity contribution in [1.82, 2.24) is 14.6 Å². The van der Waals surface area contributed by atoms with Crippen LogP contribution in [0.15, 0.2) is 29.1 Å². The molecule has 5 heteroatoms. The average molecular weight is 257 g/mol. The molecule has 4 nitrogen and oxygen atoms in total. The van der Waals surface area contributed by atoms with Crippen molar-refractivity contribution in [3.05, 3.63) is 56.1 Å². The quantitative estimate of drug-likeness (QED) is 0.660. The fourth-order valence-electron chi connectivity index (χ4n) is 1.84. The zero-order valence-electron chi connectivity index (χ0n) is 10.0. The first-order valence-corrected chi connectivity index (χ1v) is 6.40. The summed E-state index contributed by atoms with van der Waals surface area (Å²) in [4.78, 5) is 16.9. The normalized spacial score (nSPS) is 12.4. The Hall–Kier alpha value is -2.01. The number of benzene rings is 1. The lowest BCUT2D eigenvalue weighted by atomic mass is 10.1. The van der Waals surface area contributed by atoms with E-state index in [-0.39, 0.29) is 5.56 Å². The molecule has 0 saturated heterocycles. The van der Waals surface area contributed by atoms with Gasteiger partial charge in [0.15, 0.2) is 0 Å². The first-order chi connectivity index (χ1) is 8.63. The molecule has 0 radical (unpaired) electrons. The van der Waals surface area contributed by atoms with Gasteiger partial charge < -0.3 is 0 Å². The van der Waals surface area contributed by atoms with Gasteiger partial charge in [-0.2, -0.15) is 4.52 Å². The van der Waals surface area contributed by atoms with Crippen LogP contribution in [-0.4, -0.2) is 14.6 Å². The standard InChI is InChI=1S/C13H11N3OS/c1-8-4-3-5-10(6-8)7-11-12(17)16-13(18-11)14-9(2)15-16/h3-7H,1-2H3/b11-7-. The molecule has 2 heterocycles. The molecule has 0 spiro atoms. The fraction of sp³-hybridized carbons (Fsp3) is 0.154. The molecular formula is C13H11N3OS. The van der Waals surface area contributed by atoms with Crippen molar-refractivity contribution in [3.63, 3.8) is 0 Å². The second-order valence-corrected chi connectivity index (χ2v) is 5.19. The van der Waals surface area contributed by atoms with Crippen LogP contribution in [0.25, 0.3) is 11.0 Å². The maximum atomic E-state index is 12.1. The Bertz CT molecular complexity index is 832. The molecule has 18 heavy (non-hydrogen) atoms. The molecule has 90 valence electrons. The number of fused-ring (bicyclic) bond motifs is 1. The Balaban J connectivity index is 2.23. The van der Waals surface area contributed by atoms with Gasteiger partial charge in [-0.05, 0) is 25.5 Å². The monoisotopic (exact) mass is 257 g/mol. The average Bonchev–Trinajstić information content (AvgIpc) is 2.79. The van der Waals surface area contributed by atoms with E-state index in [9.17, 15) is 4.79 Å². The van der Waals surface area contributed by atoms with Gasteiger partial charge in [-0.3, -0.25) is 4.79 Å². The summed E-state index contributed by atoms with van der Waals surface area (Å²) in [6.07, 6.45) is 1.88. The van der Waals surface area contributed by atoms with Crippen molar-refractivity contribution in [3.8, 4) is 0 Å². The van der Waals surface area contributed by atoms with E-state index < -0.39 is 0 Å². The molecule has 0 aliphatic carbocycles. The minimum atomic E-state index is -0.0999. The summed E-state index contributed by atoms with van der Waals surface area (Å²) in [6, 6.07) is 8.03. The summed E-state index contributed by atoms with van der Waals surface area (Å²) >= 11 is 1.37. The minimum absolute atomic E-state index is 0.0999. The highest BCUT2D eigenvalue weighted by Crippen LogP contribution is 2.05. The Morgan fingerprint density at radius 1 is 1.33 bits per heavy atom. The van der Waals surface area contributed by atoms with Gasteiger partial charge in [-0.1, -0.05) is 41.2 Å². The summed E-state index contributed by atoms with van der Waals surface area (Å²) < 4.78 is 2.03. The summed E-state index contributed by atoms with van der Waals surface area (Å²) in [5.41, 5.74) is 2.09. The van der Waals surface area contributed by atoms with Crippen molar-refractivity contribution < 1.29 is 0 Å². The Morgan fingerprint density at radius 3 is 2.89 bits per heavy atom. The molecule has 3 rings (SSSR count). The fourth-order valence-corrected chi connectivity index (χ4v) is 2.80. The topological polar surface area (TPSA) is 47.3 Å². The van der Waals surface area contributed by atoms with Gasteiger partial charge in [-0.25, -0.2) is 4.98 Å². The second kappa shape index (κ2) is 4.03. The summed E-state index contributed by atoms with van der Waals surface area (Å²) in [6.45, 7) is 3.81. The number of thiazole rings is 1. The van der Waals surface area contributed by atoms with Gasteiger partial charge >= 0.3 is 0 Å². The lowest BCUT2D eigenvalue weighted by Crippen LogP contribution is -2.23. The highest BCUT2D eigenvalue weighted by Gasteiger charge is 2.07. The molecule has 0 unspecified atom stereocenters. The molecule has 0 saturated carbocycles. The molecule has 0 aliphatic heterocycles. The number of hydrogen-bond acceptors (Lipinski definition) is 4. The van der Waals surface area contributed by atoms with Crippen LogP contribution in [0.1, 0.15) is 17.0 Å². The minimum Gasteiger partial charge on any atom is -0.266 e. The van der Waals surface area contributed by atoms with E-state index >= 15 is 0 Å². The highest BCUT2D eigenvalue weighted by molar-refractivity contribution is 7.15. The molecule has 0 atom stereocenters. The molecule has 1 aromatic carbocycles. The highest BCUT2D eigenvalue weighted by atomic mass is 32.1. The zero-order chi connectivity index (χ0) is 12.7. The molecule has 0 bridgehead atoms. The first-order valence-electron chi connectivity index (χ1n) is 5.58. The van der Waals surface area contributed by atoms with Crippen LogP contribution in [0.2, 0.25) is 0 Å². The van der Waals surface area contributed by atoms with Gasteiger partial charge in [0.2, 0.25) is 4.96 Å². The van der Waals surface area contributed by atoms with Crippen LogP contribution < -0.4 is 10.1 Å². The molecule has 2 aromatic heterocycles. The van der Waals surface area contributed by atoms with Crippen molar-refractivity contribution in [2.75, 3.05) is 0 Å². The van der Waals surface area contributed by atoms with E-state index in [2.05, 4.69) is 10.1 Å². The summed E-state index contributed by atoms with van der Waals surface area (Å²) in [5.74, 6) is 0.625. The maximum absolute atomic E-state index is 12.1. The molecule has 0 amide bonds. The van der Waals surface area contributed by atoms with Gasteiger partial charge in [0, 0.05) is 0 Å². The van der Waals surface area contributed by atoms with E-state index in [0.717, 1.165) is 5.56 Å². The maximum Gasteiger partial charge on any atom is 0.291 e. The Morgan fingerprint density at radius 2 is 2.17 bits per heavy atom. The van der Waals surface area contributed by atoms with Crippen LogP contribution in [0.5, 0.6) is 0 Å².